The molecule has 0 amide bonds. The molecule has 0 radical (unpaired) electrons. The molecule has 1 aliphatic rings. The summed E-state index contributed by atoms with van der Waals surface area (Å²) in [5.74, 6) is 0.862. The molecule has 100 valence electrons. The number of fused-ring (bicyclic) bond motifs is 1. The van der Waals surface area contributed by atoms with Crippen molar-refractivity contribution < 1.29 is 4.74 Å². The van der Waals surface area contributed by atoms with Crippen LogP contribution in [0.3, 0.4) is 0 Å². The fraction of sp³-hybridized carbons (Fsp3) is 0.200. The van der Waals surface area contributed by atoms with Gasteiger partial charge in [-0.1, -0.05) is 29.8 Å². The van der Waals surface area contributed by atoms with Crippen LogP contribution in [0.5, 0.6) is 5.75 Å². The maximum atomic E-state index is 6.04. The van der Waals surface area contributed by atoms with Gasteiger partial charge in [0.1, 0.15) is 11.9 Å². The minimum absolute atomic E-state index is 0. The van der Waals surface area contributed by atoms with Gasteiger partial charge >= 0.3 is 0 Å². The highest BCUT2D eigenvalue weighted by molar-refractivity contribution is 6.30. The van der Waals surface area contributed by atoms with Gasteiger partial charge in [0.05, 0.1) is 0 Å². The summed E-state index contributed by atoms with van der Waals surface area (Å²) in [5, 5.41) is 4.12. The van der Waals surface area contributed by atoms with E-state index in [1.807, 2.05) is 36.4 Å². The summed E-state index contributed by atoms with van der Waals surface area (Å²) in [5.41, 5.74) is 2.39. The van der Waals surface area contributed by atoms with Crippen molar-refractivity contribution in [2.45, 2.75) is 12.5 Å². The van der Waals surface area contributed by atoms with E-state index in [0.717, 1.165) is 23.7 Å². The lowest BCUT2D eigenvalue weighted by Gasteiger charge is -2.27. The summed E-state index contributed by atoms with van der Waals surface area (Å²) in [6.45, 7) is 0.940. The minimum atomic E-state index is 0. The summed E-state index contributed by atoms with van der Waals surface area (Å²) >= 11 is 5.87. The largest absolute Gasteiger partial charge is 0.486 e. The van der Waals surface area contributed by atoms with Crippen molar-refractivity contribution in [2.24, 2.45) is 0 Å². The zero-order chi connectivity index (χ0) is 12.4. The molecule has 1 atom stereocenters. The second kappa shape index (κ2) is 6.18. The molecule has 2 aromatic rings. The summed E-state index contributed by atoms with van der Waals surface area (Å²) in [6.07, 6.45) is 1.09. The van der Waals surface area contributed by atoms with Gasteiger partial charge in [0.25, 0.3) is 0 Å². The topological polar surface area (TPSA) is 21.3 Å². The van der Waals surface area contributed by atoms with Gasteiger partial charge in [-0.25, -0.2) is 0 Å². The molecule has 0 fully saturated rings. The van der Waals surface area contributed by atoms with Crippen molar-refractivity contribution in [3.63, 3.8) is 0 Å². The molecule has 0 bridgehead atoms. The Hall–Kier alpha value is -1.38. The predicted molar refractivity (Wildman–Crippen MR) is 81.6 cm³/mol. The molecule has 19 heavy (non-hydrogen) atoms. The van der Waals surface area contributed by atoms with Crippen LogP contribution in [-0.2, 0) is 0 Å². The average molecular weight is 296 g/mol. The smallest absolute Gasteiger partial charge is 0.127 e. The van der Waals surface area contributed by atoms with Gasteiger partial charge in [-0.05, 0) is 30.3 Å². The first-order chi connectivity index (χ1) is 8.83. The average Bonchev–Trinajstić information content (AvgIpc) is 2.42. The number of hydrogen-bond acceptors (Lipinski definition) is 2. The highest BCUT2D eigenvalue weighted by Crippen LogP contribution is 2.33. The molecule has 2 nitrogen and oxygen atoms in total. The number of ether oxygens (including phenoxy) is 1. The summed E-state index contributed by atoms with van der Waals surface area (Å²) in [7, 11) is 0. The summed E-state index contributed by atoms with van der Waals surface area (Å²) in [4.78, 5) is 0. The van der Waals surface area contributed by atoms with Crippen molar-refractivity contribution in [1.82, 2.24) is 0 Å². The lowest BCUT2D eigenvalue weighted by Crippen LogP contribution is -2.20. The lowest BCUT2D eigenvalue weighted by molar-refractivity contribution is 0.196. The van der Waals surface area contributed by atoms with E-state index in [0.29, 0.717) is 0 Å². The Morgan fingerprint density at radius 2 is 1.79 bits per heavy atom. The van der Waals surface area contributed by atoms with E-state index >= 15 is 0 Å². The van der Waals surface area contributed by atoms with Crippen LogP contribution in [0.15, 0.2) is 48.5 Å². The zero-order valence-corrected chi connectivity index (χ0v) is 11.9. The first kappa shape index (κ1) is 14.0. The van der Waals surface area contributed by atoms with Gasteiger partial charge < -0.3 is 10.1 Å². The number of rotatable bonds is 2. The standard InChI is InChI=1S/C15H14ClNO.ClH/c16-11-5-7-12(8-6-11)18-15-9-10-17-14-4-2-1-3-13(14)15;/h1-8,15,17H,9-10H2;1H. The molecule has 4 heteroatoms. The van der Waals surface area contributed by atoms with Crippen LogP contribution in [0.2, 0.25) is 5.02 Å². The molecule has 3 rings (SSSR count). The first-order valence-electron chi connectivity index (χ1n) is 6.08. The van der Waals surface area contributed by atoms with Gasteiger partial charge in [0.2, 0.25) is 0 Å². The van der Waals surface area contributed by atoms with E-state index in [1.165, 1.54) is 11.3 Å². The van der Waals surface area contributed by atoms with Gasteiger partial charge in [-0.2, -0.15) is 0 Å². The van der Waals surface area contributed by atoms with Crippen molar-refractivity contribution >= 4 is 29.7 Å². The molecule has 0 spiro atoms. The highest BCUT2D eigenvalue weighted by atomic mass is 35.5. The quantitative estimate of drug-likeness (QED) is 0.867. The Labute approximate surface area is 124 Å². The summed E-state index contributed by atoms with van der Waals surface area (Å²) in [6, 6.07) is 15.8. The Morgan fingerprint density at radius 3 is 2.58 bits per heavy atom. The number of halogens is 2. The zero-order valence-electron chi connectivity index (χ0n) is 10.3. The van der Waals surface area contributed by atoms with Gasteiger partial charge in [0, 0.05) is 29.2 Å². The third-order valence-corrected chi connectivity index (χ3v) is 3.37. The third kappa shape index (κ3) is 3.14. The van der Waals surface area contributed by atoms with E-state index in [1.54, 1.807) is 0 Å². The number of nitrogens with one attached hydrogen (secondary N) is 1. The molecule has 0 aromatic heterocycles. The third-order valence-electron chi connectivity index (χ3n) is 3.12. The van der Waals surface area contributed by atoms with Gasteiger partial charge in [-0.15, -0.1) is 12.4 Å². The minimum Gasteiger partial charge on any atom is -0.486 e. The van der Waals surface area contributed by atoms with Crippen LogP contribution in [0.4, 0.5) is 5.69 Å². The first-order valence-corrected chi connectivity index (χ1v) is 6.46. The van der Waals surface area contributed by atoms with Crippen molar-refractivity contribution in [3.05, 3.63) is 59.1 Å². The van der Waals surface area contributed by atoms with Crippen LogP contribution < -0.4 is 10.1 Å². The van der Waals surface area contributed by atoms with Crippen LogP contribution in [0.1, 0.15) is 18.1 Å². The van der Waals surface area contributed by atoms with Crippen LogP contribution in [0, 0.1) is 0 Å². The number of benzene rings is 2. The Morgan fingerprint density at radius 1 is 1.05 bits per heavy atom. The molecule has 1 heterocycles. The van der Waals surface area contributed by atoms with Crippen LogP contribution in [0.25, 0.3) is 0 Å². The van der Waals surface area contributed by atoms with E-state index in [-0.39, 0.29) is 18.5 Å². The fourth-order valence-corrected chi connectivity index (χ4v) is 2.36. The second-order valence-electron chi connectivity index (χ2n) is 4.36. The molecular weight excluding hydrogens is 281 g/mol. The number of para-hydroxylation sites is 1. The van der Waals surface area contributed by atoms with Crippen molar-refractivity contribution in [1.29, 1.82) is 0 Å². The van der Waals surface area contributed by atoms with E-state index in [4.69, 9.17) is 16.3 Å². The number of hydrogen-bond donors (Lipinski definition) is 1. The van der Waals surface area contributed by atoms with E-state index < -0.39 is 0 Å². The van der Waals surface area contributed by atoms with E-state index in [9.17, 15) is 0 Å². The SMILES string of the molecule is Cl.Clc1ccc(OC2CCNc3ccccc32)cc1. The molecular formula is C15H15Cl2NO. The molecule has 1 unspecified atom stereocenters. The normalized spacial score (nSPS) is 16.8. The monoisotopic (exact) mass is 295 g/mol. The van der Waals surface area contributed by atoms with Crippen molar-refractivity contribution in [3.8, 4) is 5.75 Å². The predicted octanol–water partition coefficient (Wildman–Crippen LogP) is 4.70. The highest BCUT2D eigenvalue weighted by Gasteiger charge is 2.20. The Balaban J connectivity index is 0.00000133. The molecule has 0 aliphatic carbocycles. The van der Waals surface area contributed by atoms with Crippen LogP contribution in [-0.4, -0.2) is 6.54 Å². The Kier molecular flexibility index (Phi) is 4.56. The van der Waals surface area contributed by atoms with Crippen LogP contribution >= 0.6 is 24.0 Å². The summed E-state index contributed by atoms with van der Waals surface area (Å²) < 4.78 is 6.04. The molecule has 1 aliphatic heterocycles. The van der Waals surface area contributed by atoms with Crippen molar-refractivity contribution in [2.75, 3.05) is 11.9 Å². The van der Waals surface area contributed by atoms with E-state index in [2.05, 4.69) is 17.4 Å². The number of anilines is 1. The maximum Gasteiger partial charge on any atom is 0.127 e. The maximum absolute atomic E-state index is 6.04. The molecule has 0 saturated carbocycles. The fourth-order valence-electron chi connectivity index (χ4n) is 2.23. The molecule has 2 aromatic carbocycles. The Bertz CT molecular complexity index is 542. The van der Waals surface area contributed by atoms with Gasteiger partial charge in [-0.3, -0.25) is 0 Å². The second-order valence-corrected chi connectivity index (χ2v) is 4.80. The molecule has 1 N–H and O–H groups in total. The lowest BCUT2D eigenvalue weighted by atomic mass is 10.0. The molecule has 0 saturated heterocycles. The van der Waals surface area contributed by atoms with Gasteiger partial charge in [0.15, 0.2) is 0 Å².